The first kappa shape index (κ1) is 14.5. The van der Waals surface area contributed by atoms with Gasteiger partial charge in [-0.05, 0) is 23.3 Å². The Hall–Kier alpha value is -3.14. The first-order valence-electron chi connectivity index (χ1n) is 7.86. The van der Waals surface area contributed by atoms with Crippen LogP contribution in [0.2, 0.25) is 0 Å². The van der Waals surface area contributed by atoms with Gasteiger partial charge in [-0.3, -0.25) is 0 Å². The van der Waals surface area contributed by atoms with Crippen LogP contribution in [-0.4, -0.2) is 18.0 Å². The Kier molecular flexibility index (Phi) is 3.71. The fourth-order valence-corrected chi connectivity index (χ4v) is 2.59. The molecular formula is C20H15BN2O. The van der Waals surface area contributed by atoms with E-state index in [2.05, 4.69) is 42.3 Å². The number of hydrogen-bond donors (Lipinski definition) is 0. The Balaban J connectivity index is 1.62. The summed E-state index contributed by atoms with van der Waals surface area (Å²) < 4.78 is 5.82. The quantitative estimate of drug-likeness (QED) is 0.545. The molecule has 0 bridgehead atoms. The molecular weight excluding hydrogens is 295 g/mol. The van der Waals surface area contributed by atoms with E-state index in [4.69, 9.17) is 4.42 Å². The van der Waals surface area contributed by atoms with Crippen molar-refractivity contribution in [3.8, 4) is 34.0 Å². The molecule has 0 saturated carbocycles. The lowest BCUT2D eigenvalue weighted by atomic mass is 9.95. The Bertz CT molecular complexity index is 945. The van der Waals surface area contributed by atoms with Crippen LogP contribution in [0.4, 0.5) is 0 Å². The standard InChI is InChI=1S/C20H15BN2O/c21-18-12-10-17(11-13-18)20-23-22-19(24-20)16-8-6-15(7-9-16)14-4-2-1-3-5-14/h1-13H,21H2. The van der Waals surface area contributed by atoms with E-state index in [1.54, 1.807) is 0 Å². The van der Waals surface area contributed by atoms with Crippen molar-refractivity contribution < 1.29 is 4.42 Å². The van der Waals surface area contributed by atoms with Crippen LogP contribution in [0.1, 0.15) is 0 Å². The maximum Gasteiger partial charge on any atom is 0.248 e. The number of aromatic nitrogens is 2. The zero-order valence-corrected chi connectivity index (χ0v) is 13.3. The highest BCUT2D eigenvalue weighted by atomic mass is 16.4. The van der Waals surface area contributed by atoms with Crippen molar-refractivity contribution in [3.63, 3.8) is 0 Å². The monoisotopic (exact) mass is 310 g/mol. The van der Waals surface area contributed by atoms with Crippen LogP contribution in [0.5, 0.6) is 0 Å². The maximum absolute atomic E-state index is 5.82. The summed E-state index contributed by atoms with van der Waals surface area (Å²) in [5.41, 5.74) is 5.41. The molecule has 0 radical (unpaired) electrons. The fourth-order valence-electron chi connectivity index (χ4n) is 2.59. The van der Waals surface area contributed by atoms with E-state index >= 15 is 0 Å². The molecule has 0 fully saturated rings. The molecule has 0 N–H and O–H groups in total. The summed E-state index contributed by atoms with van der Waals surface area (Å²) in [5, 5.41) is 8.33. The Labute approximate surface area is 141 Å². The van der Waals surface area contributed by atoms with Crippen molar-refractivity contribution in [2.24, 2.45) is 0 Å². The van der Waals surface area contributed by atoms with Gasteiger partial charge in [-0.15, -0.1) is 10.2 Å². The average molecular weight is 310 g/mol. The van der Waals surface area contributed by atoms with Gasteiger partial charge in [0.1, 0.15) is 7.85 Å². The van der Waals surface area contributed by atoms with Crippen molar-refractivity contribution in [3.05, 3.63) is 78.9 Å². The normalized spacial score (nSPS) is 10.7. The zero-order chi connectivity index (χ0) is 16.4. The zero-order valence-electron chi connectivity index (χ0n) is 13.3. The third kappa shape index (κ3) is 2.86. The molecule has 4 aromatic rings. The van der Waals surface area contributed by atoms with Crippen LogP contribution in [0.25, 0.3) is 34.0 Å². The molecule has 3 aromatic carbocycles. The van der Waals surface area contributed by atoms with E-state index in [1.165, 1.54) is 11.0 Å². The predicted molar refractivity (Wildman–Crippen MR) is 98.8 cm³/mol. The van der Waals surface area contributed by atoms with Gasteiger partial charge in [0.2, 0.25) is 11.8 Å². The second-order valence-electron chi connectivity index (χ2n) is 5.72. The van der Waals surface area contributed by atoms with Gasteiger partial charge in [-0.1, -0.05) is 72.2 Å². The van der Waals surface area contributed by atoms with E-state index in [0.29, 0.717) is 11.8 Å². The molecule has 0 atom stereocenters. The molecule has 24 heavy (non-hydrogen) atoms. The van der Waals surface area contributed by atoms with Gasteiger partial charge in [-0.2, -0.15) is 0 Å². The lowest BCUT2D eigenvalue weighted by Gasteiger charge is -2.02. The second-order valence-corrected chi connectivity index (χ2v) is 5.72. The Morgan fingerprint density at radius 3 is 1.58 bits per heavy atom. The Morgan fingerprint density at radius 1 is 0.542 bits per heavy atom. The third-order valence-electron chi connectivity index (χ3n) is 3.96. The number of benzene rings is 3. The van der Waals surface area contributed by atoms with Crippen molar-refractivity contribution in [2.45, 2.75) is 0 Å². The topological polar surface area (TPSA) is 38.9 Å². The minimum Gasteiger partial charge on any atom is -0.416 e. The largest absolute Gasteiger partial charge is 0.416 e. The van der Waals surface area contributed by atoms with Crippen molar-refractivity contribution in [1.82, 2.24) is 10.2 Å². The Morgan fingerprint density at radius 2 is 1.00 bits per heavy atom. The van der Waals surface area contributed by atoms with E-state index in [9.17, 15) is 0 Å². The molecule has 114 valence electrons. The maximum atomic E-state index is 5.82. The first-order valence-corrected chi connectivity index (χ1v) is 7.86. The highest BCUT2D eigenvalue weighted by Gasteiger charge is 2.10. The van der Waals surface area contributed by atoms with Crippen LogP contribution in [0.15, 0.2) is 83.3 Å². The summed E-state index contributed by atoms with van der Waals surface area (Å²) in [6, 6.07) is 26.5. The van der Waals surface area contributed by atoms with Gasteiger partial charge >= 0.3 is 0 Å². The molecule has 4 rings (SSSR count). The molecule has 0 aliphatic heterocycles. The number of nitrogens with zero attached hydrogens (tertiary/aromatic N) is 2. The van der Waals surface area contributed by atoms with Crippen LogP contribution < -0.4 is 5.46 Å². The summed E-state index contributed by atoms with van der Waals surface area (Å²) in [5.74, 6) is 1.07. The molecule has 1 aromatic heterocycles. The molecule has 0 aliphatic rings. The molecule has 0 unspecified atom stereocenters. The SMILES string of the molecule is Bc1ccc(-c2nnc(-c3ccc(-c4ccccc4)cc3)o2)cc1. The van der Waals surface area contributed by atoms with Gasteiger partial charge in [0, 0.05) is 11.1 Å². The van der Waals surface area contributed by atoms with Crippen LogP contribution in [0.3, 0.4) is 0 Å². The number of hydrogen-bond acceptors (Lipinski definition) is 3. The molecule has 4 heteroatoms. The lowest BCUT2D eigenvalue weighted by molar-refractivity contribution is 0.584. The summed E-state index contributed by atoms with van der Waals surface area (Å²) in [6.07, 6.45) is 0. The van der Waals surface area contributed by atoms with Gasteiger partial charge in [0.15, 0.2) is 0 Å². The summed E-state index contributed by atoms with van der Waals surface area (Å²) in [7, 11) is 2.05. The lowest BCUT2D eigenvalue weighted by Crippen LogP contribution is -1.99. The van der Waals surface area contributed by atoms with Crippen LogP contribution >= 0.6 is 0 Å². The highest BCUT2D eigenvalue weighted by Crippen LogP contribution is 2.26. The van der Waals surface area contributed by atoms with E-state index in [1.807, 2.05) is 54.6 Å². The fraction of sp³-hybridized carbons (Fsp3) is 0. The second kappa shape index (κ2) is 6.16. The average Bonchev–Trinajstić information content (AvgIpc) is 3.13. The van der Waals surface area contributed by atoms with Gasteiger partial charge in [-0.25, -0.2) is 0 Å². The predicted octanol–water partition coefficient (Wildman–Crippen LogP) is 3.33. The summed E-state index contributed by atoms with van der Waals surface area (Å²) >= 11 is 0. The first-order chi connectivity index (χ1) is 11.8. The van der Waals surface area contributed by atoms with Crippen LogP contribution in [-0.2, 0) is 0 Å². The highest BCUT2D eigenvalue weighted by molar-refractivity contribution is 6.32. The molecule has 3 nitrogen and oxygen atoms in total. The summed E-state index contributed by atoms with van der Waals surface area (Å²) in [6.45, 7) is 0. The summed E-state index contributed by atoms with van der Waals surface area (Å²) in [4.78, 5) is 0. The van der Waals surface area contributed by atoms with Crippen molar-refractivity contribution >= 4 is 13.3 Å². The van der Waals surface area contributed by atoms with E-state index < -0.39 is 0 Å². The molecule has 0 saturated heterocycles. The minimum atomic E-state index is 0.533. The van der Waals surface area contributed by atoms with E-state index in [-0.39, 0.29) is 0 Å². The smallest absolute Gasteiger partial charge is 0.248 e. The van der Waals surface area contributed by atoms with Crippen LogP contribution in [0, 0.1) is 0 Å². The molecule has 0 amide bonds. The van der Waals surface area contributed by atoms with Gasteiger partial charge < -0.3 is 4.42 Å². The van der Waals surface area contributed by atoms with E-state index in [0.717, 1.165) is 16.7 Å². The number of rotatable bonds is 3. The molecule has 0 spiro atoms. The molecule has 1 heterocycles. The molecule has 0 aliphatic carbocycles. The van der Waals surface area contributed by atoms with Crippen molar-refractivity contribution in [2.75, 3.05) is 0 Å². The van der Waals surface area contributed by atoms with Gasteiger partial charge in [0.25, 0.3) is 0 Å². The van der Waals surface area contributed by atoms with Gasteiger partial charge in [0.05, 0.1) is 0 Å². The third-order valence-corrected chi connectivity index (χ3v) is 3.96. The van der Waals surface area contributed by atoms with Crippen molar-refractivity contribution in [1.29, 1.82) is 0 Å². The minimum absolute atomic E-state index is 0.533.